The smallest absolute Gasteiger partial charge is 0.270 e. The Morgan fingerprint density at radius 2 is 2.00 bits per heavy atom. The number of ether oxygens (including phenoxy) is 1. The van der Waals surface area contributed by atoms with Gasteiger partial charge in [0, 0.05) is 25.7 Å². The number of carbonyl (C=O) groups excluding carboxylic acids is 1. The van der Waals surface area contributed by atoms with Gasteiger partial charge in [-0.3, -0.25) is 4.79 Å². The second-order valence-corrected chi connectivity index (χ2v) is 6.27. The molecule has 0 atom stereocenters. The molecular formula is C19H27N5O2. The average molecular weight is 357 g/mol. The van der Waals surface area contributed by atoms with Crippen LogP contribution in [0.25, 0.3) is 0 Å². The van der Waals surface area contributed by atoms with Crippen molar-refractivity contribution in [2.24, 2.45) is 0 Å². The van der Waals surface area contributed by atoms with E-state index in [2.05, 4.69) is 25.5 Å². The number of benzene rings is 1. The van der Waals surface area contributed by atoms with Gasteiger partial charge in [-0.25, -0.2) is 9.97 Å². The standard InChI is InChI=1S/C19H27N5O2/c1-14-22-17(13-18(23-14)20-10-11-24(2)3)19(25)21-9-8-15-6-5-7-16(12-15)26-4/h5-7,12-13H,8-11H2,1-4H3,(H,21,25)(H,20,22,23). The molecule has 2 aromatic rings. The summed E-state index contributed by atoms with van der Waals surface area (Å²) < 4.78 is 5.21. The number of aryl methyl sites for hydroxylation is 1. The molecule has 26 heavy (non-hydrogen) atoms. The number of amides is 1. The number of hydrogen-bond donors (Lipinski definition) is 2. The van der Waals surface area contributed by atoms with Gasteiger partial charge in [0.05, 0.1) is 7.11 Å². The Hall–Kier alpha value is -2.67. The van der Waals surface area contributed by atoms with Gasteiger partial charge in [0.25, 0.3) is 5.91 Å². The number of aromatic nitrogens is 2. The molecule has 1 amide bonds. The Labute approximate surface area is 154 Å². The van der Waals surface area contributed by atoms with Crippen molar-refractivity contribution in [2.75, 3.05) is 46.2 Å². The normalized spacial score (nSPS) is 10.7. The Morgan fingerprint density at radius 1 is 1.19 bits per heavy atom. The van der Waals surface area contributed by atoms with Gasteiger partial charge in [-0.1, -0.05) is 12.1 Å². The molecule has 0 radical (unpaired) electrons. The van der Waals surface area contributed by atoms with Gasteiger partial charge >= 0.3 is 0 Å². The fourth-order valence-electron chi connectivity index (χ4n) is 2.42. The van der Waals surface area contributed by atoms with Crippen LogP contribution in [0.4, 0.5) is 5.82 Å². The summed E-state index contributed by atoms with van der Waals surface area (Å²) in [6.45, 7) is 3.94. The predicted molar refractivity (Wildman–Crippen MR) is 103 cm³/mol. The number of anilines is 1. The lowest BCUT2D eigenvalue weighted by atomic mass is 10.1. The molecule has 1 heterocycles. The third-order valence-electron chi connectivity index (χ3n) is 3.77. The quantitative estimate of drug-likeness (QED) is 0.712. The fourth-order valence-corrected chi connectivity index (χ4v) is 2.42. The van der Waals surface area contributed by atoms with E-state index in [1.54, 1.807) is 20.1 Å². The summed E-state index contributed by atoms with van der Waals surface area (Å²) in [5.41, 5.74) is 1.48. The maximum absolute atomic E-state index is 12.4. The van der Waals surface area contributed by atoms with Gasteiger partial charge in [-0.05, 0) is 45.1 Å². The zero-order valence-electron chi connectivity index (χ0n) is 15.9. The Morgan fingerprint density at radius 3 is 2.73 bits per heavy atom. The number of likely N-dealkylation sites (N-methyl/N-ethyl adjacent to an activating group) is 1. The van der Waals surface area contributed by atoms with Crippen molar-refractivity contribution < 1.29 is 9.53 Å². The second-order valence-electron chi connectivity index (χ2n) is 6.27. The summed E-state index contributed by atoms with van der Waals surface area (Å²) in [5, 5.41) is 6.13. The average Bonchev–Trinajstić information content (AvgIpc) is 2.61. The maximum atomic E-state index is 12.4. The van der Waals surface area contributed by atoms with Crippen LogP contribution in [0.1, 0.15) is 21.9 Å². The van der Waals surface area contributed by atoms with Crippen LogP contribution in [0.3, 0.4) is 0 Å². The number of carbonyl (C=O) groups is 1. The van der Waals surface area contributed by atoms with E-state index >= 15 is 0 Å². The maximum Gasteiger partial charge on any atom is 0.270 e. The fraction of sp³-hybridized carbons (Fsp3) is 0.421. The summed E-state index contributed by atoms with van der Waals surface area (Å²) in [7, 11) is 5.66. The van der Waals surface area contributed by atoms with Gasteiger partial charge in [0.2, 0.25) is 0 Å². The number of nitrogens with zero attached hydrogens (tertiary/aromatic N) is 3. The predicted octanol–water partition coefficient (Wildman–Crippen LogP) is 1.74. The van der Waals surface area contributed by atoms with Gasteiger partial charge in [0.15, 0.2) is 0 Å². The number of methoxy groups -OCH3 is 1. The van der Waals surface area contributed by atoms with Crippen molar-refractivity contribution in [3.63, 3.8) is 0 Å². The number of nitrogens with one attached hydrogen (secondary N) is 2. The molecule has 0 bridgehead atoms. The molecule has 1 aromatic carbocycles. The SMILES string of the molecule is COc1cccc(CCNC(=O)c2cc(NCCN(C)C)nc(C)n2)c1. The largest absolute Gasteiger partial charge is 0.497 e. The Balaban J connectivity index is 1.90. The highest BCUT2D eigenvalue weighted by Crippen LogP contribution is 2.12. The third-order valence-corrected chi connectivity index (χ3v) is 3.77. The molecule has 7 heteroatoms. The van der Waals surface area contributed by atoms with E-state index in [-0.39, 0.29) is 5.91 Å². The first kappa shape index (κ1) is 19.7. The minimum Gasteiger partial charge on any atom is -0.497 e. The van der Waals surface area contributed by atoms with Crippen LogP contribution in [-0.2, 0) is 6.42 Å². The van der Waals surface area contributed by atoms with Crippen LogP contribution in [0.2, 0.25) is 0 Å². The van der Waals surface area contributed by atoms with Crippen LogP contribution in [0.5, 0.6) is 5.75 Å². The minimum atomic E-state index is -0.200. The highest BCUT2D eigenvalue weighted by molar-refractivity contribution is 5.92. The number of hydrogen-bond acceptors (Lipinski definition) is 6. The first-order valence-electron chi connectivity index (χ1n) is 8.63. The molecule has 2 rings (SSSR count). The minimum absolute atomic E-state index is 0.200. The molecule has 0 saturated heterocycles. The van der Waals surface area contributed by atoms with Crippen molar-refractivity contribution in [1.29, 1.82) is 0 Å². The van der Waals surface area contributed by atoms with Crippen LogP contribution in [-0.4, -0.2) is 61.6 Å². The number of rotatable bonds is 9. The van der Waals surface area contributed by atoms with Crippen molar-refractivity contribution >= 4 is 11.7 Å². The molecule has 140 valence electrons. The van der Waals surface area contributed by atoms with E-state index in [0.29, 0.717) is 23.9 Å². The van der Waals surface area contributed by atoms with E-state index in [1.807, 2.05) is 38.4 Å². The molecule has 0 aliphatic heterocycles. The lowest BCUT2D eigenvalue weighted by molar-refractivity contribution is 0.0949. The monoisotopic (exact) mass is 357 g/mol. The van der Waals surface area contributed by atoms with Gasteiger partial charge in [-0.15, -0.1) is 0 Å². The topological polar surface area (TPSA) is 79.4 Å². The first-order chi connectivity index (χ1) is 12.5. The summed E-state index contributed by atoms with van der Waals surface area (Å²) in [6, 6.07) is 9.50. The molecule has 0 spiro atoms. The van der Waals surface area contributed by atoms with Crippen LogP contribution >= 0.6 is 0 Å². The van der Waals surface area contributed by atoms with E-state index in [1.165, 1.54) is 0 Å². The van der Waals surface area contributed by atoms with Crippen LogP contribution < -0.4 is 15.4 Å². The molecule has 0 saturated carbocycles. The highest BCUT2D eigenvalue weighted by atomic mass is 16.5. The highest BCUT2D eigenvalue weighted by Gasteiger charge is 2.10. The summed E-state index contributed by atoms with van der Waals surface area (Å²) >= 11 is 0. The molecule has 1 aromatic heterocycles. The van der Waals surface area contributed by atoms with Crippen molar-refractivity contribution in [2.45, 2.75) is 13.3 Å². The first-order valence-corrected chi connectivity index (χ1v) is 8.63. The van der Waals surface area contributed by atoms with Crippen molar-refractivity contribution in [1.82, 2.24) is 20.2 Å². The van der Waals surface area contributed by atoms with Gasteiger partial charge < -0.3 is 20.3 Å². The molecule has 0 unspecified atom stereocenters. The lowest BCUT2D eigenvalue weighted by Crippen LogP contribution is -2.27. The van der Waals surface area contributed by atoms with E-state index < -0.39 is 0 Å². The van der Waals surface area contributed by atoms with Crippen molar-refractivity contribution in [3.8, 4) is 5.75 Å². The zero-order valence-corrected chi connectivity index (χ0v) is 15.9. The molecular weight excluding hydrogens is 330 g/mol. The van der Waals surface area contributed by atoms with E-state index in [0.717, 1.165) is 30.8 Å². The van der Waals surface area contributed by atoms with Gasteiger partial charge in [-0.2, -0.15) is 0 Å². The van der Waals surface area contributed by atoms with Crippen LogP contribution in [0.15, 0.2) is 30.3 Å². The molecule has 2 N–H and O–H groups in total. The lowest BCUT2D eigenvalue weighted by Gasteiger charge is -2.12. The molecule has 0 aliphatic rings. The third kappa shape index (κ3) is 6.33. The Bertz CT molecular complexity index is 734. The van der Waals surface area contributed by atoms with Gasteiger partial charge in [0.1, 0.15) is 23.1 Å². The van der Waals surface area contributed by atoms with Crippen molar-refractivity contribution in [3.05, 3.63) is 47.4 Å². The van der Waals surface area contributed by atoms with E-state index in [9.17, 15) is 4.79 Å². The zero-order chi connectivity index (χ0) is 18.9. The van der Waals surface area contributed by atoms with Crippen LogP contribution in [0, 0.1) is 6.92 Å². The Kier molecular flexibility index (Phi) is 7.35. The molecule has 7 nitrogen and oxygen atoms in total. The summed E-state index contributed by atoms with van der Waals surface area (Å²) in [5.74, 6) is 1.85. The summed E-state index contributed by atoms with van der Waals surface area (Å²) in [4.78, 5) is 23.0. The second kappa shape index (κ2) is 9.72. The summed E-state index contributed by atoms with van der Waals surface area (Å²) in [6.07, 6.45) is 0.723. The molecule has 0 fully saturated rings. The van der Waals surface area contributed by atoms with E-state index in [4.69, 9.17) is 4.74 Å². The molecule has 0 aliphatic carbocycles.